The standard InChI is InChI=1S/C21H25NO.C17H19NO3.H2O4S/c1-22-18-12-13-19(22)15-20(14-18)23-21(16-8-4-2-5-9-16)17-10-6-3-7-11-17;19-17(18-10-4-1-5-11-18)7-3-2-6-14-8-9-15-16(12-14)21-13-20-15;1-5(2,3)4/h2-11,18-21H,12-15H2,1H3;2-3,6-9,12H,1,4-5,10-11,13H2;(H2,1,2,3,4). The molecule has 0 spiro atoms. The molecule has 10 nitrogen and oxygen atoms in total. The number of fused-ring (bicyclic) bond motifs is 3. The van der Waals surface area contributed by atoms with E-state index in [0.29, 0.717) is 18.2 Å². The second kappa shape index (κ2) is 17.6. The van der Waals surface area contributed by atoms with Crippen molar-refractivity contribution in [3.8, 4) is 11.5 Å². The van der Waals surface area contributed by atoms with Crippen LogP contribution >= 0.6 is 0 Å². The maximum absolute atomic E-state index is 11.9. The quantitative estimate of drug-likeness (QED) is 0.157. The summed E-state index contributed by atoms with van der Waals surface area (Å²) in [4.78, 5) is 16.4. The van der Waals surface area contributed by atoms with E-state index in [1.54, 1.807) is 12.2 Å². The van der Waals surface area contributed by atoms with Crippen LogP contribution in [0, 0.1) is 0 Å². The topological polar surface area (TPSA) is 126 Å². The Morgan fingerprint density at radius 1 is 0.837 bits per heavy atom. The summed E-state index contributed by atoms with van der Waals surface area (Å²) < 4.78 is 48.8. The normalized spacial score (nSPS) is 21.7. The highest BCUT2D eigenvalue weighted by molar-refractivity contribution is 7.79. The van der Waals surface area contributed by atoms with Crippen molar-refractivity contribution >= 4 is 22.4 Å². The molecule has 2 atom stereocenters. The molecule has 4 aliphatic rings. The van der Waals surface area contributed by atoms with E-state index in [1.165, 1.54) is 43.2 Å². The molecule has 7 rings (SSSR count). The first-order valence-electron chi connectivity index (χ1n) is 16.8. The van der Waals surface area contributed by atoms with Gasteiger partial charge in [-0.25, -0.2) is 0 Å². The van der Waals surface area contributed by atoms with Gasteiger partial charge in [0.1, 0.15) is 6.10 Å². The second-order valence-electron chi connectivity index (χ2n) is 12.6. The van der Waals surface area contributed by atoms with E-state index < -0.39 is 10.4 Å². The highest BCUT2D eigenvalue weighted by Crippen LogP contribution is 2.38. The Bertz CT molecular complexity index is 1600. The summed E-state index contributed by atoms with van der Waals surface area (Å²) in [6, 6.07) is 28.5. The molecule has 3 fully saturated rings. The van der Waals surface area contributed by atoms with Crippen molar-refractivity contribution < 1.29 is 36.5 Å². The van der Waals surface area contributed by atoms with Gasteiger partial charge in [-0.2, -0.15) is 8.42 Å². The van der Waals surface area contributed by atoms with Crippen LogP contribution in [0.4, 0.5) is 0 Å². The molecule has 1 amide bonds. The Labute approximate surface area is 289 Å². The fourth-order valence-electron chi connectivity index (χ4n) is 6.81. The van der Waals surface area contributed by atoms with E-state index in [2.05, 4.69) is 72.6 Å². The zero-order chi connectivity index (χ0) is 34.6. The third kappa shape index (κ3) is 11.3. The number of nitrogens with zero attached hydrogens (tertiary/aromatic N) is 2. The number of carbonyl (C=O) groups is 1. The molecule has 0 radical (unpaired) electrons. The minimum absolute atomic E-state index is 0.0465. The Kier molecular flexibility index (Phi) is 13.0. The summed E-state index contributed by atoms with van der Waals surface area (Å²) >= 11 is 0. The van der Waals surface area contributed by atoms with E-state index in [-0.39, 0.29) is 18.8 Å². The lowest BCUT2D eigenvalue weighted by Crippen LogP contribution is -2.43. The van der Waals surface area contributed by atoms with Crippen LogP contribution in [0.2, 0.25) is 0 Å². The molecule has 0 aliphatic carbocycles. The molecule has 0 aromatic heterocycles. The summed E-state index contributed by atoms with van der Waals surface area (Å²) in [5, 5.41) is 0. The van der Waals surface area contributed by atoms with Gasteiger partial charge in [0.2, 0.25) is 12.7 Å². The first-order valence-corrected chi connectivity index (χ1v) is 18.2. The summed E-state index contributed by atoms with van der Waals surface area (Å²) in [6.45, 7) is 2.05. The molecule has 2 N–H and O–H groups in total. The van der Waals surface area contributed by atoms with Crippen LogP contribution in [0.1, 0.15) is 67.7 Å². The fourth-order valence-corrected chi connectivity index (χ4v) is 6.81. The summed E-state index contributed by atoms with van der Waals surface area (Å²) in [5.74, 6) is 1.65. The zero-order valence-corrected chi connectivity index (χ0v) is 28.7. The van der Waals surface area contributed by atoms with Crippen LogP contribution in [-0.4, -0.2) is 78.3 Å². The van der Waals surface area contributed by atoms with Gasteiger partial charge in [-0.15, -0.1) is 0 Å². The van der Waals surface area contributed by atoms with Crippen LogP contribution in [0.3, 0.4) is 0 Å². The molecule has 3 aromatic rings. The summed E-state index contributed by atoms with van der Waals surface area (Å²) in [6.07, 6.45) is 16.1. The number of hydrogen-bond acceptors (Lipinski definition) is 7. The second-order valence-corrected chi connectivity index (χ2v) is 13.5. The number of hydrogen-bond donors (Lipinski definition) is 2. The van der Waals surface area contributed by atoms with Gasteiger partial charge < -0.3 is 24.0 Å². The molecule has 0 saturated carbocycles. The lowest BCUT2D eigenvalue weighted by atomic mass is 9.97. The molecule has 4 heterocycles. The van der Waals surface area contributed by atoms with Crippen LogP contribution < -0.4 is 9.47 Å². The predicted octanol–water partition coefficient (Wildman–Crippen LogP) is 6.76. The molecule has 49 heavy (non-hydrogen) atoms. The number of piperidine rings is 2. The highest BCUT2D eigenvalue weighted by Gasteiger charge is 2.39. The van der Waals surface area contributed by atoms with Gasteiger partial charge >= 0.3 is 10.4 Å². The maximum atomic E-state index is 11.9. The third-order valence-electron chi connectivity index (χ3n) is 9.29. The Balaban J connectivity index is 0.000000169. The van der Waals surface area contributed by atoms with Gasteiger partial charge in [-0.3, -0.25) is 13.9 Å². The number of amides is 1. The summed E-state index contributed by atoms with van der Waals surface area (Å²) in [5.41, 5.74) is 3.53. The van der Waals surface area contributed by atoms with Crippen molar-refractivity contribution in [2.75, 3.05) is 26.9 Å². The van der Waals surface area contributed by atoms with Gasteiger partial charge in [0, 0.05) is 31.2 Å². The Morgan fingerprint density at radius 2 is 1.41 bits per heavy atom. The first-order chi connectivity index (χ1) is 23.6. The fraction of sp³-hybridized carbons (Fsp3) is 0.395. The van der Waals surface area contributed by atoms with E-state index >= 15 is 0 Å². The SMILES string of the molecule is CN1C2CCC1CC(OC(c1ccccc1)c1ccccc1)C2.O=C(C=CC=Cc1ccc2c(c1)OCO2)N1CCCCC1.O=S(=O)(O)O. The minimum atomic E-state index is -4.67. The van der Waals surface area contributed by atoms with Gasteiger partial charge in [-0.1, -0.05) is 85.0 Å². The zero-order valence-electron chi connectivity index (χ0n) is 27.8. The lowest BCUT2D eigenvalue weighted by molar-refractivity contribution is -0.126. The van der Waals surface area contributed by atoms with Gasteiger partial charge in [0.25, 0.3) is 0 Å². The van der Waals surface area contributed by atoms with Crippen molar-refractivity contribution in [1.29, 1.82) is 0 Å². The molecule has 2 bridgehead atoms. The summed E-state index contributed by atoms with van der Waals surface area (Å²) in [7, 11) is -2.38. The first kappa shape index (κ1) is 36.3. The molecular formula is C38H46N2O8S. The van der Waals surface area contributed by atoms with E-state index in [4.69, 9.17) is 31.7 Å². The van der Waals surface area contributed by atoms with Crippen LogP contribution in [0.15, 0.2) is 97.1 Å². The van der Waals surface area contributed by atoms with Gasteiger partial charge in [-0.05, 0) is 80.8 Å². The van der Waals surface area contributed by atoms with E-state index in [1.807, 2.05) is 35.3 Å². The largest absolute Gasteiger partial charge is 0.454 e. The number of carbonyl (C=O) groups excluding carboxylic acids is 1. The Morgan fingerprint density at radius 3 is 2.00 bits per heavy atom. The van der Waals surface area contributed by atoms with Crippen molar-refractivity contribution in [3.05, 3.63) is 114 Å². The molecule has 11 heteroatoms. The highest BCUT2D eigenvalue weighted by atomic mass is 32.3. The van der Waals surface area contributed by atoms with Crippen molar-refractivity contribution in [2.45, 2.75) is 69.2 Å². The van der Waals surface area contributed by atoms with Crippen LogP contribution in [-0.2, 0) is 19.9 Å². The molecule has 3 aromatic carbocycles. The molecule has 262 valence electrons. The third-order valence-corrected chi connectivity index (χ3v) is 9.29. The van der Waals surface area contributed by atoms with E-state index in [9.17, 15) is 4.79 Å². The smallest absolute Gasteiger partial charge is 0.394 e. The monoisotopic (exact) mass is 690 g/mol. The van der Waals surface area contributed by atoms with Crippen LogP contribution in [0.5, 0.6) is 11.5 Å². The van der Waals surface area contributed by atoms with Crippen molar-refractivity contribution in [1.82, 2.24) is 9.80 Å². The van der Waals surface area contributed by atoms with Gasteiger partial charge in [0.05, 0.1) is 6.10 Å². The molecular weight excluding hydrogens is 644 g/mol. The van der Waals surface area contributed by atoms with Gasteiger partial charge in [0.15, 0.2) is 11.5 Å². The Hall–Kier alpha value is -4.00. The van der Waals surface area contributed by atoms with Crippen molar-refractivity contribution in [2.24, 2.45) is 0 Å². The molecule has 2 unspecified atom stereocenters. The number of ether oxygens (including phenoxy) is 3. The predicted molar refractivity (Wildman–Crippen MR) is 189 cm³/mol. The lowest BCUT2D eigenvalue weighted by Gasteiger charge is -2.38. The van der Waals surface area contributed by atoms with E-state index in [0.717, 1.165) is 43.0 Å². The molecule has 3 saturated heterocycles. The minimum Gasteiger partial charge on any atom is -0.454 e. The molecule has 4 aliphatic heterocycles. The van der Waals surface area contributed by atoms with Crippen molar-refractivity contribution in [3.63, 3.8) is 0 Å². The number of benzene rings is 3. The number of rotatable bonds is 7. The maximum Gasteiger partial charge on any atom is 0.394 e. The number of likely N-dealkylation sites (tertiary alicyclic amines) is 1. The van der Waals surface area contributed by atoms with Crippen LogP contribution in [0.25, 0.3) is 6.08 Å². The average molecular weight is 691 g/mol. The average Bonchev–Trinajstić information content (AvgIpc) is 3.64. The number of allylic oxidation sites excluding steroid dienone is 2.